The number of carbonyl (C=O) groups is 1. The van der Waals surface area contributed by atoms with E-state index in [4.69, 9.17) is 0 Å². The summed E-state index contributed by atoms with van der Waals surface area (Å²) in [7, 11) is 1.37. The van der Waals surface area contributed by atoms with Crippen LogP contribution in [0.2, 0.25) is 0 Å². The van der Waals surface area contributed by atoms with Gasteiger partial charge in [0.2, 0.25) is 0 Å². The summed E-state index contributed by atoms with van der Waals surface area (Å²) in [5.41, 5.74) is 2.36. The Morgan fingerprint density at radius 2 is 1.44 bits per heavy atom. The van der Waals surface area contributed by atoms with E-state index in [0.29, 0.717) is 5.56 Å². The smallest absolute Gasteiger partial charge is 0.337 e. The van der Waals surface area contributed by atoms with Gasteiger partial charge in [-0.05, 0) is 36.4 Å². The Morgan fingerprint density at radius 1 is 0.889 bits per heavy atom. The predicted octanol–water partition coefficient (Wildman–Crippen LogP) is 2.87. The van der Waals surface area contributed by atoms with Crippen LogP contribution in [0, 0.1) is 11.8 Å². The van der Waals surface area contributed by atoms with Crippen LogP contribution in [0.4, 0.5) is 0 Å². The molecule has 0 aliphatic carbocycles. The van der Waals surface area contributed by atoms with Crippen molar-refractivity contribution in [2.24, 2.45) is 0 Å². The molecule has 0 saturated carbocycles. The molecule has 0 atom stereocenters. The number of carbonyl (C=O) groups excluding carboxylic acids is 1. The van der Waals surface area contributed by atoms with Crippen molar-refractivity contribution < 1.29 is 9.53 Å². The molecule has 88 valence electrons. The van der Waals surface area contributed by atoms with Gasteiger partial charge in [-0.3, -0.25) is 0 Å². The second-order valence-electron chi connectivity index (χ2n) is 3.68. The largest absolute Gasteiger partial charge is 0.465 e. The first-order valence-corrected chi connectivity index (χ1v) is 5.55. The van der Waals surface area contributed by atoms with Gasteiger partial charge in [0.1, 0.15) is 0 Å². The van der Waals surface area contributed by atoms with Crippen LogP contribution >= 0.6 is 0 Å². The molecule has 0 aliphatic rings. The van der Waals surface area contributed by atoms with E-state index in [1.807, 2.05) is 42.5 Å². The number of hydrogen-bond acceptors (Lipinski definition) is 2. The van der Waals surface area contributed by atoms with E-state index in [1.54, 1.807) is 12.1 Å². The van der Waals surface area contributed by atoms with E-state index in [0.717, 1.165) is 11.1 Å². The van der Waals surface area contributed by atoms with E-state index in [1.165, 1.54) is 7.11 Å². The Bertz CT molecular complexity index is 586. The minimum Gasteiger partial charge on any atom is -0.465 e. The van der Waals surface area contributed by atoms with Gasteiger partial charge in [-0.15, -0.1) is 0 Å². The van der Waals surface area contributed by atoms with Crippen molar-refractivity contribution in [3.8, 4) is 11.8 Å². The predicted molar refractivity (Wildman–Crippen MR) is 70.2 cm³/mol. The highest BCUT2D eigenvalue weighted by atomic mass is 16.5. The van der Waals surface area contributed by atoms with Gasteiger partial charge in [0.15, 0.2) is 0 Å². The Balaban J connectivity index is 2.17. The van der Waals surface area contributed by atoms with Crippen LogP contribution in [0.1, 0.15) is 21.5 Å². The lowest BCUT2D eigenvalue weighted by Gasteiger charge is -1.98. The molecule has 0 bridgehead atoms. The molecule has 2 aromatic rings. The number of esters is 1. The van der Waals surface area contributed by atoms with Crippen LogP contribution in [0.3, 0.4) is 0 Å². The molecule has 18 heavy (non-hydrogen) atoms. The number of methoxy groups -OCH3 is 1. The summed E-state index contributed by atoms with van der Waals surface area (Å²) in [6, 6.07) is 16.8. The first-order chi connectivity index (χ1) is 8.79. The summed E-state index contributed by atoms with van der Waals surface area (Å²) in [5, 5.41) is 0. The molecule has 0 aromatic heterocycles. The maximum atomic E-state index is 11.2. The van der Waals surface area contributed by atoms with Crippen molar-refractivity contribution in [1.29, 1.82) is 0 Å². The van der Waals surface area contributed by atoms with Crippen molar-refractivity contribution in [3.05, 3.63) is 71.3 Å². The fraction of sp³-hybridized carbons (Fsp3) is 0.0625. The molecule has 0 amide bonds. The monoisotopic (exact) mass is 236 g/mol. The highest BCUT2D eigenvalue weighted by Crippen LogP contribution is 2.05. The van der Waals surface area contributed by atoms with E-state index < -0.39 is 0 Å². The first kappa shape index (κ1) is 11.9. The van der Waals surface area contributed by atoms with E-state index in [2.05, 4.69) is 16.6 Å². The molecule has 2 nitrogen and oxygen atoms in total. The minimum absolute atomic E-state index is 0.336. The van der Waals surface area contributed by atoms with Crippen LogP contribution in [0.15, 0.2) is 54.6 Å². The van der Waals surface area contributed by atoms with Gasteiger partial charge < -0.3 is 4.74 Å². The van der Waals surface area contributed by atoms with Gasteiger partial charge in [-0.1, -0.05) is 30.0 Å². The normalized spacial score (nSPS) is 9.17. The lowest BCUT2D eigenvalue weighted by Crippen LogP contribution is -2.00. The molecule has 0 heterocycles. The Morgan fingerprint density at radius 3 is 2.00 bits per heavy atom. The van der Waals surface area contributed by atoms with Crippen molar-refractivity contribution in [3.63, 3.8) is 0 Å². The summed E-state index contributed by atoms with van der Waals surface area (Å²) < 4.78 is 4.63. The quantitative estimate of drug-likeness (QED) is 0.562. The second-order valence-corrected chi connectivity index (χ2v) is 3.68. The van der Waals surface area contributed by atoms with Crippen molar-refractivity contribution >= 4 is 5.97 Å². The molecule has 0 aliphatic heterocycles. The van der Waals surface area contributed by atoms with Crippen LogP contribution in [0.25, 0.3) is 0 Å². The molecule has 2 heteroatoms. The highest BCUT2D eigenvalue weighted by molar-refractivity contribution is 5.89. The van der Waals surface area contributed by atoms with Gasteiger partial charge in [0, 0.05) is 11.1 Å². The third-order valence-electron chi connectivity index (χ3n) is 2.43. The average Bonchev–Trinajstić information content (AvgIpc) is 2.46. The lowest BCUT2D eigenvalue weighted by atomic mass is 10.1. The zero-order valence-corrected chi connectivity index (χ0v) is 10.0. The zero-order valence-electron chi connectivity index (χ0n) is 10.0. The summed E-state index contributed by atoms with van der Waals surface area (Å²) in [6.45, 7) is 0. The third kappa shape index (κ3) is 2.99. The fourth-order valence-corrected chi connectivity index (χ4v) is 1.47. The molecule has 0 N–H and O–H groups in total. The van der Waals surface area contributed by atoms with E-state index >= 15 is 0 Å². The number of rotatable bonds is 1. The van der Waals surface area contributed by atoms with Crippen LogP contribution in [-0.4, -0.2) is 13.1 Å². The van der Waals surface area contributed by atoms with Gasteiger partial charge in [-0.25, -0.2) is 4.79 Å². The van der Waals surface area contributed by atoms with Crippen LogP contribution in [0.5, 0.6) is 0 Å². The summed E-state index contributed by atoms with van der Waals surface area (Å²) in [6.07, 6.45) is 0. The molecule has 0 spiro atoms. The minimum atomic E-state index is -0.336. The van der Waals surface area contributed by atoms with Crippen molar-refractivity contribution in [2.75, 3.05) is 7.11 Å². The average molecular weight is 236 g/mol. The lowest BCUT2D eigenvalue weighted by molar-refractivity contribution is 0.0601. The number of hydrogen-bond donors (Lipinski definition) is 0. The van der Waals surface area contributed by atoms with Crippen molar-refractivity contribution in [2.45, 2.75) is 0 Å². The highest BCUT2D eigenvalue weighted by Gasteiger charge is 2.02. The number of benzene rings is 2. The molecule has 0 unspecified atom stereocenters. The fourth-order valence-electron chi connectivity index (χ4n) is 1.47. The molecule has 0 saturated heterocycles. The first-order valence-electron chi connectivity index (χ1n) is 5.55. The molecule has 2 rings (SSSR count). The van der Waals surface area contributed by atoms with Gasteiger partial charge >= 0.3 is 5.97 Å². The van der Waals surface area contributed by atoms with Crippen LogP contribution < -0.4 is 0 Å². The Kier molecular flexibility index (Phi) is 3.78. The van der Waals surface area contributed by atoms with Crippen LogP contribution in [-0.2, 0) is 4.74 Å². The zero-order chi connectivity index (χ0) is 12.8. The van der Waals surface area contributed by atoms with Gasteiger partial charge in [-0.2, -0.15) is 0 Å². The number of ether oxygens (including phenoxy) is 1. The third-order valence-corrected chi connectivity index (χ3v) is 2.43. The Labute approximate surface area is 106 Å². The maximum absolute atomic E-state index is 11.2. The second kappa shape index (κ2) is 5.70. The van der Waals surface area contributed by atoms with E-state index in [-0.39, 0.29) is 5.97 Å². The summed E-state index contributed by atoms with van der Waals surface area (Å²) in [5.74, 6) is 5.76. The van der Waals surface area contributed by atoms with E-state index in [9.17, 15) is 4.79 Å². The topological polar surface area (TPSA) is 26.3 Å². The molecule has 0 fully saturated rings. The standard InChI is InChI=1S/C16H12O2/c1-18-16(17)15-11-9-14(10-12-15)8-7-13-5-3-2-4-6-13/h2-6,9-12H,1H3. The molecule has 0 radical (unpaired) electrons. The molecular weight excluding hydrogens is 224 g/mol. The van der Waals surface area contributed by atoms with Crippen molar-refractivity contribution in [1.82, 2.24) is 0 Å². The maximum Gasteiger partial charge on any atom is 0.337 e. The SMILES string of the molecule is COC(=O)c1ccc(C#Cc2ccccc2)cc1. The summed E-state index contributed by atoms with van der Waals surface area (Å²) in [4.78, 5) is 11.2. The summed E-state index contributed by atoms with van der Waals surface area (Å²) >= 11 is 0. The molecule has 2 aromatic carbocycles. The molecular formula is C16H12O2. The van der Waals surface area contributed by atoms with Gasteiger partial charge in [0.05, 0.1) is 12.7 Å². The Hall–Kier alpha value is -2.53. The van der Waals surface area contributed by atoms with Gasteiger partial charge in [0.25, 0.3) is 0 Å².